The van der Waals surface area contributed by atoms with Crippen molar-refractivity contribution in [1.82, 2.24) is 10.5 Å². The maximum atomic E-state index is 13.8. The zero-order valence-electron chi connectivity index (χ0n) is 21.9. The molecule has 4 N–H and O–H groups in total. The number of phenolic OH excluding ortho intramolecular Hbond substituents is 2. The molecule has 1 aromatic heterocycles. The van der Waals surface area contributed by atoms with Crippen LogP contribution in [0.2, 0.25) is 0 Å². The van der Waals surface area contributed by atoms with Crippen LogP contribution in [0.1, 0.15) is 49.5 Å². The van der Waals surface area contributed by atoms with Gasteiger partial charge in [0.2, 0.25) is 17.7 Å². The number of aryl methyl sites for hydroxylation is 1. The van der Waals surface area contributed by atoms with Crippen LogP contribution in [-0.2, 0) is 14.4 Å². The molecule has 1 aliphatic rings. The van der Waals surface area contributed by atoms with Crippen molar-refractivity contribution in [3.63, 3.8) is 0 Å². The number of aromatic nitrogens is 1. The first-order valence-electron chi connectivity index (χ1n) is 12.9. The molecule has 0 aliphatic heterocycles. The predicted molar refractivity (Wildman–Crippen MR) is 149 cm³/mol. The quantitative estimate of drug-likeness (QED) is 0.262. The van der Waals surface area contributed by atoms with E-state index in [9.17, 15) is 29.0 Å². The topological polar surface area (TPSA) is 145 Å². The predicted octanol–water partition coefficient (Wildman–Crippen LogP) is 4.43. The molecule has 4 rings (SSSR count). The molecule has 0 spiro atoms. The Morgan fingerprint density at radius 2 is 1.77 bits per heavy atom. The van der Waals surface area contributed by atoms with Crippen molar-refractivity contribution < 1.29 is 33.5 Å². The zero-order chi connectivity index (χ0) is 28.6. The SMILES string of the molecule is Cc1cc(NC(=O)CSCC(=O)N(c2ccc(F)cc2)[C@@H](C(=O)NC2CCCCC2)c2ccc(O)c(O)c2)no1. The Balaban J connectivity index is 1.59. The smallest absolute Gasteiger partial charge is 0.248 e. The van der Waals surface area contributed by atoms with Gasteiger partial charge in [0.1, 0.15) is 17.6 Å². The van der Waals surface area contributed by atoms with Crippen LogP contribution in [0.4, 0.5) is 15.9 Å². The lowest BCUT2D eigenvalue weighted by Crippen LogP contribution is -2.48. The second kappa shape index (κ2) is 13.3. The number of amides is 3. The molecule has 0 radical (unpaired) electrons. The summed E-state index contributed by atoms with van der Waals surface area (Å²) in [5.74, 6) is -2.19. The minimum atomic E-state index is -1.24. The van der Waals surface area contributed by atoms with E-state index in [1.807, 2.05) is 0 Å². The Bertz CT molecular complexity index is 1340. The van der Waals surface area contributed by atoms with E-state index in [1.54, 1.807) is 13.0 Å². The van der Waals surface area contributed by atoms with E-state index in [-0.39, 0.29) is 40.4 Å². The fourth-order valence-corrected chi connectivity index (χ4v) is 5.27. The number of carbonyl (C=O) groups is 3. The van der Waals surface area contributed by atoms with Gasteiger partial charge in [-0.15, -0.1) is 11.8 Å². The first-order valence-corrected chi connectivity index (χ1v) is 14.1. The molecule has 0 unspecified atom stereocenters. The maximum absolute atomic E-state index is 13.8. The summed E-state index contributed by atoms with van der Waals surface area (Å²) in [4.78, 5) is 41.0. The van der Waals surface area contributed by atoms with Gasteiger partial charge in [-0.1, -0.05) is 30.5 Å². The molecular weight excluding hydrogens is 539 g/mol. The number of nitrogens with one attached hydrogen (secondary N) is 2. The number of halogens is 1. The summed E-state index contributed by atoms with van der Waals surface area (Å²) in [6.07, 6.45) is 4.65. The number of rotatable bonds is 10. The van der Waals surface area contributed by atoms with E-state index in [0.29, 0.717) is 5.76 Å². The molecule has 212 valence electrons. The van der Waals surface area contributed by atoms with E-state index in [4.69, 9.17) is 4.52 Å². The van der Waals surface area contributed by atoms with Crippen LogP contribution in [0.5, 0.6) is 11.5 Å². The fourth-order valence-electron chi connectivity index (χ4n) is 4.60. The van der Waals surface area contributed by atoms with Gasteiger partial charge in [0.15, 0.2) is 17.3 Å². The highest BCUT2D eigenvalue weighted by molar-refractivity contribution is 8.00. The molecule has 1 heterocycles. The van der Waals surface area contributed by atoms with Crippen LogP contribution >= 0.6 is 11.8 Å². The van der Waals surface area contributed by atoms with Crippen molar-refractivity contribution >= 4 is 41.0 Å². The number of benzene rings is 2. The highest BCUT2D eigenvalue weighted by atomic mass is 32.2. The highest BCUT2D eigenvalue weighted by Crippen LogP contribution is 2.34. The number of aromatic hydroxyl groups is 2. The van der Waals surface area contributed by atoms with Gasteiger partial charge in [-0.25, -0.2) is 4.39 Å². The van der Waals surface area contributed by atoms with E-state index < -0.39 is 35.3 Å². The van der Waals surface area contributed by atoms with Crippen molar-refractivity contribution in [2.24, 2.45) is 0 Å². The van der Waals surface area contributed by atoms with Gasteiger partial charge in [-0.3, -0.25) is 19.3 Å². The molecule has 3 amide bonds. The Morgan fingerprint density at radius 1 is 1.05 bits per heavy atom. The third-order valence-electron chi connectivity index (χ3n) is 6.50. The molecule has 0 saturated heterocycles. The lowest BCUT2D eigenvalue weighted by atomic mass is 9.94. The van der Waals surface area contributed by atoms with Crippen molar-refractivity contribution in [2.45, 2.75) is 51.1 Å². The summed E-state index contributed by atoms with van der Waals surface area (Å²) in [7, 11) is 0. The van der Waals surface area contributed by atoms with E-state index >= 15 is 0 Å². The number of phenols is 2. The van der Waals surface area contributed by atoms with E-state index in [0.717, 1.165) is 43.9 Å². The first kappa shape index (κ1) is 28.9. The summed E-state index contributed by atoms with van der Waals surface area (Å²) < 4.78 is 18.7. The normalized spacial score (nSPS) is 14.3. The van der Waals surface area contributed by atoms with Crippen LogP contribution in [0.3, 0.4) is 0 Å². The van der Waals surface area contributed by atoms with Gasteiger partial charge in [-0.2, -0.15) is 0 Å². The number of thioether (sulfide) groups is 1. The molecule has 0 bridgehead atoms. The minimum absolute atomic E-state index is 0.0714. The van der Waals surface area contributed by atoms with E-state index in [2.05, 4.69) is 15.8 Å². The number of anilines is 2. The van der Waals surface area contributed by atoms with Gasteiger partial charge in [0.05, 0.1) is 11.5 Å². The lowest BCUT2D eigenvalue weighted by Gasteiger charge is -2.33. The van der Waals surface area contributed by atoms with Crippen LogP contribution in [0, 0.1) is 12.7 Å². The van der Waals surface area contributed by atoms with Crippen molar-refractivity contribution in [1.29, 1.82) is 0 Å². The summed E-state index contributed by atoms with van der Waals surface area (Å²) in [6.45, 7) is 1.69. The molecule has 40 heavy (non-hydrogen) atoms. The second-order valence-electron chi connectivity index (χ2n) is 9.60. The van der Waals surface area contributed by atoms with Crippen molar-refractivity contribution in [2.75, 3.05) is 21.7 Å². The third-order valence-corrected chi connectivity index (χ3v) is 7.42. The van der Waals surface area contributed by atoms with Crippen molar-refractivity contribution in [3.05, 3.63) is 65.7 Å². The van der Waals surface area contributed by atoms with Crippen LogP contribution in [-0.4, -0.2) is 50.6 Å². The summed E-state index contributed by atoms with van der Waals surface area (Å²) in [5.41, 5.74) is 0.510. The molecular formula is C28H31FN4O6S. The number of hydrogen-bond donors (Lipinski definition) is 4. The Labute approximate surface area is 234 Å². The Kier molecular flexibility index (Phi) is 9.65. The summed E-state index contributed by atoms with van der Waals surface area (Å²) in [5, 5.41) is 29.4. The van der Waals surface area contributed by atoms with Crippen LogP contribution in [0.25, 0.3) is 0 Å². The van der Waals surface area contributed by atoms with E-state index in [1.165, 1.54) is 47.4 Å². The largest absolute Gasteiger partial charge is 0.504 e. The molecule has 3 aromatic rings. The lowest BCUT2D eigenvalue weighted by molar-refractivity contribution is -0.126. The summed E-state index contributed by atoms with van der Waals surface area (Å²) in [6, 6.07) is 9.31. The van der Waals surface area contributed by atoms with Crippen LogP contribution < -0.4 is 15.5 Å². The standard InChI is InChI=1S/C28H31FN4O6S/c1-17-13-24(32-39-17)31-25(36)15-40-16-26(37)33(21-10-8-19(29)9-11-21)27(18-7-12-22(34)23(35)14-18)28(38)30-20-5-3-2-4-6-20/h7-14,20,27,34-35H,2-6,15-16H2,1H3,(H,30,38)(H,31,32,36)/t27-/m1/s1. The fraction of sp³-hybridized carbons (Fsp3) is 0.357. The number of hydrogen-bond acceptors (Lipinski definition) is 8. The van der Waals surface area contributed by atoms with Crippen LogP contribution in [0.15, 0.2) is 53.1 Å². The maximum Gasteiger partial charge on any atom is 0.248 e. The Hall–Kier alpha value is -4.06. The molecule has 12 heteroatoms. The third kappa shape index (κ3) is 7.53. The van der Waals surface area contributed by atoms with Gasteiger partial charge < -0.3 is 25.4 Å². The molecule has 1 atom stereocenters. The van der Waals surface area contributed by atoms with Crippen molar-refractivity contribution in [3.8, 4) is 11.5 Å². The number of carbonyl (C=O) groups excluding carboxylic acids is 3. The van der Waals surface area contributed by atoms with Gasteiger partial charge >= 0.3 is 0 Å². The zero-order valence-corrected chi connectivity index (χ0v) is 22.7. The average molecular weight is 571 g/mol. The number of nitrogens with zero attached hydrogens (tertiary/aromatic N) is 2. The average Bonchev–Trinajstić information content (AvgIpc) is 3.34. The highest BCUT2D eigenvalue weighted by Gasteiger charge is 2.34. The monoisotopic (exact) mass is 570 g/mol. The molecule has 2 aromatic carbocycles. The first-order chi connectivity index (χ1) is 19.2. The molecule has 1 aliphatic carbocycles. The minimum Gasteiger partial charge on any atom is -0.504 e. The van der Waals surface area contributed by atoms with Gasteiger partial charge in [-0.05, 0) is 61.7 Å². The van der Waals surface area contributed by atoms with Gasteiger partial charge in [0.25, 0.3) is 0 Å². The summed E-state index contributed by atoms with van der Waals surface area (Å²) >= 11 is 1.03. The Morgan fingerprint density at radius 3 is 2.42 bits per heavy atom. The second-order valence-corrected chi connectivity index (χ2v) is 10.6. The molecule has 10 nitrogen and oxygen atoms in total. The van der Waals surface area contributed by atoms with Gasteiger partial charge in [0, 0.05) is 17.8 Å². The molecule has 1 saturated carbocycles. The molecule has 1 fully saturated rings.